The normalized spacial score (nSPS) is 24.2. The largest absolute Gasteiger partial charge is 0.473 e. The molecule has 0 bridgehead atoms. The van der Waals surface area contributed by atoms with E-state index in [0.29, 0.717) is 19.4 Å². The highest BCUT2D eigenvalue weighted by Crippen LogP contribution is 2.33. The first-order valence-corrected chi connectivity index (χ1v) is 15.1. The molecule has 1 aromatic rings. The summed E-state index contributed by atoms with van der Waals surface area (Å²) in [7, 11) is 0. The average Bonchev–Trinajstić information content (AvgIpc) is 3.28. The zero-order chi connectivity index (χ0) is 31.6. The van der Waals surface area contributed by atoms with Crippen LogP contribution in [0.1, 0.15) is 54.3 Å². The highest BCUT2D eigenvalue weighted by molar-refractivity contribution is 6.30. The van der Waals surface area contributed by atoms with Crippen molar-refractivity contribution < 1.29 is 28.2 Å². The lowest BCUT2D eigenvalue weighted by molar-refractivity contribution is 0.0915. The number of hydrogen-bond donors (Lipinski definition) is 2. The monoisotopic (exact) mass is 629 g/mol. The van der Waals surface area contributed by atoms with Gasteiger partial charge in [-0.2, -0.15) is 0 Å². The van der Waals surface area contributed by atoms with Crippen LogP contribution in [0.4, 0.5) is 13.6 Å². The van der Waals surface area contributed by atoms with Gasteiger partial charge in [0.05, 0.1) is 35.0 Å². The first-order chi connectivity index (χ1) is 21.3. The van der Waals surface area contributed by atoms with E-state index in [-0.39, 0.29) is 78.4 Å². The van der Waals surface area contributed by atoms with Crippen molar-refractivity contribution in [3.63, 3.8) is 0 Å². The van der Waals surface area contributed by atoms with Crippen molar-refractivity contribution in [2.75, 3.05) is 26.3 Å². The summed E-state index contributed by atoms with van der Waals surface area (Å²) in [5.74, 6) is -1.26. The fourth-order valence-corrected chi connectivity index (χ4v) is 5.97. The number of nitrogens with zero attached hydrogens (tertiary/aromatic N) is 4. The molecular formula is C32H38ClF2N5O4. The second-order valence-electron chi connectivity index (χ2n) is 10.8. The van der Waals surface area contributed by atoms with E-state index in [2.05, 4.69) is 28.5 Å². The van der Waals surface area contributed by atoms with Gasteiger partial charge in [0.15, 0.2) is 5.83 Å². The van der Waals surface area contributed by atoms with Gasteiger partial charge in [0.2, 0.25) is 5.90 Å². The number of carbonyl (C=O) groups excluding carboxylic acids is 2. The minimum absolute atomic E-state index is 0.00478. The van der Waals surface area contributed by atoms with Gasteiger partial charge in [-0.1, -0.05) is 48.6 Å². The number of fused-ring (bicyclic) bond motifs is 1. The Hall–Kier alpha value is -3.83. The van der Waals surface area contributed by atoms with E-state index in [1.165, 1.54) is 24.4 Å². The van der Waals surface area contributed by atoms with Crippen LogP contribution in [0.5, 0.6) is 0 Å². The molecule has 9 nitrogen and oxygen atoms in total. The van der Waals surface area contributed by atoms with Gasteiger partial charge in [-0.05, 0) is 43.7 Å². The number of aliphatic imine (C=N–C) groups is 1. The molecule has 3 atom stereocenters. The number of halogens is 3. The van der Waals surface area contributed by atoms with Crippen molar-refractivity contribution in [2.24, 2.45) is 10.9 Å². The Morgan fingerprint density at radius 1 is 1.23 bits per heavy atom. The highest BCUT2D eigenvalue weighted by Gasteiger charge is 2.44. The summed E-state index contributed by atoms with van der Waals surface area (Å²) in [5.41, 5.74) is 0.159. The number of alkyl halides is 1. The number of carbonyl (C=O) groups is 2. The van der Waals surface area contributed by atoms with Gasteiger partial charge in [-0.3, -0.25) is 9.78 Å². The van der Waals surface area contributed by atoms with Crippen LogP contribution in [-0.4, -0.2) is 82.2 Å². The molecule has 0 radical (unpaired) electrons. The summed E-state index contributed by atoms with van der Waals surface area (Å²) in [5, 5.41) is 12.3. The van der Waals surface area contributed by atoms with Crippen LogP contribution in [0, 0.1) is 5.92 Å². The summed E-state index contributed by atoms with van der Waals surface area (Å²) in [6.07, 6.45) is 14.4. The molecule has 1 saturated heterocycles. The van der Waals surface area contributed by atoms with Crippen molar-refractivity contribution in [3.8, 4) is 0 Å². The number of ether oxygens (including phenoxy) is 1. The third kappa shape index (κ3) is 8.00. The van der Waals surface area contributed by atoms with Crippen molar-refractivity contribution >= 4 is 29.4 Å². The number of amides is 3. The average molecular weight is 630 g/mol. The molecule has 1 aliphatic heterocycles. The van der Waals surface area contributed by atoms with E-state index < -0.39 is 17.9 Å². The number of aromatic nitrogens is 1. The number of rotatable bonds is 13. The Balaban J connectivity index is 1.36. The van der Waals surface area contributed by atoms with Gasteiger partial charge in [0.1, 0.15) is 12.8 Å². The molecule has 0 spiro atoms. The second kappa shape index (κ2) is 15.8. The maximum atomic E-state index is 14.8. The van der Waals surface area contributed by atoms with E-state index in [1.807, 2.05) is 29.2 Å². The predicted octanol–water partition coefficient (Wildman–Crippen LogP) is 5.62. The van der Waals surface area contributed by atoms with Crippen LogP contribution in [0.3, 0.4) is 0 Å². The number of urea groups is 1. The zero-order valence-corrected chi connectivity index (χ0v) is 25.2. The topological polar surface area (TPSA) is 107 Å². The molecule has 3 unspecified atom stereocenters. The molecular weight excluding hydrogens is 592 g/mol. The number of pyridine rings is 1. The van der Waals surface area contributed by atoms with E-state index in [0.717, 1.165) is 19.0 Å². The number of aliphatic hydroxyl groups is 1. The second-order valence-corrected chi connectivity index (χ2v) is 11.3. The minimum atomic E-state index is -1.46. The Morgan fingerprint density at radius 3 is 2.59 bits per heavy atom. The number of hydrogen-bond acceptors (Lipinski definition) is 6. The molecule has 0 aromatic carbocycles. The third-order valence-corrected chi connectivity index (χ3v) is 8.14. The van der Waals surface area contributed by atoms with Crippen LogP contribution in [-0.2, 0) is 4.74 Å². The Bertz CT molecular complexity index is 1340. The molecule has 44 heavy (non-hydrogen) atoms. The molecule has 1 saturated carbocycles. The third-order valence-electron chi connectivity index (χ3n) is 7.94. The Labute approximate surface area is 261 Å². The minimum Gasteiger partial charge on any atom is -0.473 e. The Morgan fingerprint density at radius 2 is 1.93 bits per heavy atom. The number of allylic oxidation sites excluding steroid dienone is 3. The SMILES string of the molecule is C=CCC(F)c1ncc(Cl)cc1C(=O)NC1CCC(CN2C(=O)N(C/C=C(/F)C(=NC=C)OCCO)C3C=CC=CC32)CC1. The van der Waals surface area contributed by atoms with Crippen LogP contribution in [0.2, 0.25) is 5.02 Å². The summed E-state index contributed by atoms with van der Waals surface area (Å²) in [6.45, 7) is 7.12. The molecule has 3 amide bonds. The van der Waals surface area contributed by atoms with Crippen LogP contribution in [0.25, 0.3) is 0 Å². The maximum Gasteiger partial charge on any atom is 0.321 e. The first-order valence-electron chi connectivity index (χ1n) is 14.7. The lowest BCUT2D eigenvalue weighted by Crippen LogP contribution is -2.42. The molecule has 4 rings (SSSR count). The maximum absolute atomic E-state index is 14.8. The van der Waals surface area contributed by atoms with E-state index in [9.17, 15) is 18.4 Å². The number of aliphatic hydroxyl groups excluding tert-OH is 1. The molecule has 2 N–H and O–H groups in total. The van der Waals surface area contributed by atoms with E-state index in [4.69, 9.17) is 21.4 Å². The molecule has 1 aromatic heterocycles. The lowest BCUT2D eigenvalue weighted by Gasteiger charge is -2.33. The smallest absolute Gasteiger partial charge is 0.321 e. The van der Waals surface area contributed by atoms with Crippen LogP contribution < -0.4 is 5.32 Å². The zero-order valence-electron chi connectivity index (χ0n) is 24.5. The fourth-order valence-electron chi connectivity index (χ4n) is 5.81. The van der Waals surface area contributed by atoms with Crippen molar-refractivity contribution in [1.29, 1.82) is 0 Å². The van der Waals surface area contributed by atoms with Crippen LogP contribution in [0.15, 0.2) is 78.9 Å². The van der Waals surface area contributed by atoms with Crippen molar-refractivity contribution in [2.45, 2.75) is 56.4 Å². The summed E-state index contributed by atoms with van der Waals surface area (Å²) < 4.78 is 34.6. The molecule has 12 heteroatoms. The predicted molar refractivity (Wildman–Crippen MR) is 166 cm³/mol. The fraction of sp³-hybridized carbons (Fsp3) is 0.438. The standard InChI is InChI=1S/C32H38ClF2N5O4/c1-3-7-25(34)29-24(18-22(33)19-37-29)30(42)38-23-12-10-21(11-13-23)20-40-28-9-6-5-8-27(28)39(32(40)43)15-14-26(35)31(36-4-2)44-17-16-41/h3-6,8-9,14,18-19,21,23,25,27-28,41H,1-2,7,10-13,15-17,20H2,(H,38,42)/b26-14+,36-31?. The summed E-state index contributed by atoms with van der Waals surface area (Å²) >= 11 is 6.06. The van der Waals surface area contributed by atoms with E-state index >= 15 is 0 Å². The van der Waals surface area contributed by atoms with Gasteiger partial charge in [-0.25, -0.2) is 18.6 Å². The number of nitrogens with one attached hydrogen (secondary N) is 1. The quantitative estimate of drug-likeness (QED) is 0.167. The summed E-state index contributed by atoms with van der Waals surface area (Å²) in [4.78, 5) is 37.9. The van der Waals surface area contributed by atoms with Crippen molar-refractivity contribution in [3.05, 3.63) is 90.2 Å². The molecule has 2 aliphatic carbocycles. The summed E-state index contributed by atoms with van der Waals surface area (Å²) in [6, 6.07) is 0.684. The molecule has 2 fully saturated rings. The first kappa shape index (κ1) is 33.1. The van der Waals surface area contributed by atoms with Gasteiger partial charge < -0.3 is 25.0 Å². The van der Waals surface area contributed by atoms with Crippen molar-refractivity contribution in [1.82, 2.24) is 20.1 Å². The molecule has 2 heterocycles. The van der Waals surface area contributed by atoms with E-state index in [1.54, 1.807) is 4.90 Å². The lowest BCUT2D eigenvalue weighted by atomic mass is 9.85. The Kier molecular flexibility index (Phi) is 11.8. The van der Waals surface area contributed by atoms with Gasteiger partial charge >= 0.3 is 6.03 Å². The highest BCUT2D eigenvalue weighted by atomic mass is 35.5. The molecule has 3 aliphatic rings. The van der Waals surface area contributed by atoms with Gasteiger partial charge in [0.25, 0.3) is 5.91 Å². The van der Waals surface area contributed by atoms with Gasteiger partial charge in [-0.15, -0.1) is 6.58 Å². The molecule has 236 valence electrons. The van der Waals surface area contributed by atoms with Gasteiger partial charge in [0, 0.05) is 37.9 Å². The van der Waals surface area contributed by atoms with Crippen LogP contribution >= 0.6 is 11.6 Å².